The molecule has 1 fully saturated rings. The Morgan fingerprint density at radius 2 is 2.08 bits per heavy atom. The molecule has 1 atom stereocenters. The summed E-state index contributed by atoms with van der Waals surface area (Å²) in [5.74, 6) is -0.0868. The van der Waals surface area contributed by atoms with Gasteiger partial charge in [-0.15, -0.1) is 0 Å². The number of nitrogens with zero attached hydrogens (tertiary/aromatic N) is 1. The number of amides is 1. The van der Waals surface area contributed by atoms with Gasteiger partial charge >= 0.3 is 6.18 Å². The van der Waals surface area contributed by atoms with Crippen LogP contribution in [0.15, 0.2) is 29.2 Å². The number of hydrogen-bond acceptors (Lipinski definition) is 4. The first-order chi connectivity index (χ1) is 12.1. The van der Waals surface area contributed by atoms with E-state index in [9.17, 15) is 26.4 Å². The zero-order valence-electron chi connectivity index (χ0n) is 14.1. The summed E-state index contributed by atoms with van der Waals surface area (Å²) < 4.78 is 64.6. The number of alkyl halides is 3. The van der Waals surface area contributed by atoms with Crippen LogP contribution in [-0.4, -0.2) is 44.9 Å². The fraction of sp³-hybridized carbons (Fsp3) is 0.562. The third kappa shape index (κ3) is 5.18. The number of nitrogens with two attached hydrogens (primary N) is 1. The van der Waals surface area contributed by atoms with E-state index in [1.807, 2.05) is 0 Å². The van der Waals surface area contributed by atoms with Crippen LogP contribution in [0.5, 0.6) is 0 Å². The number of benzene rings is 1. The lowest BCUT2D eigenvalue weighted by Gasteiger charge is -2.23. The minimum Gasteiger partial charge on any atom is -0.338 e. The molecule has 0 spiro atoms. The zero-order valence-corrected chi connectivity index (χ0v) is 14.9. The Morgan fingerprint density at radius 1 is 1.35 bits per heavy atom. The molecular weight excluding hydrogens is 371 g/mol. The molecule has 1 aliphatic rings. The normalized spacial score (nSPS) is 18.3. The summed E-state index contributed by atoms with van der Waals surface area (Å²) in [7, 11) is -4.07. The number of rotatable bonds is 7. The first kappa shape index (κ1) is 20.7. The molecule has 146 valence electrons. The van der Waals surface area contributed by atoms with Gasteiger partial charge in [0.15, 0.2) is 0 Å². The van der Waals surface area contributed by atoms with Crippen molar-refractivity contribution in [2.45, 2.75) is 42.8 Å². The molecule has 0 bridgehead atoms. The SMILES string of the molecule is NCC1CCCN1C(=O)CCCNS(=O)(=O)c1cccc(C(F)(F)F)c1. The average Bonchev–Trinajstić information content (AvgIpc) is 3.07. The van der Waals surface area contributed by atoms with E-state index in [1.54, 1.807) is 4.90 Å². The van der Waals surface area contributed by atoms with Crippen LogP contribution in [0.25, 0.3) is 0 Å². The van der Waals surface area contributed by atoms with Gasteiger partial charge in [0.2, 0.25) is 15.9 Å². The molecule has 1 heterocycles. The molecule has 1 aromatic rings. The van der Waals surface area contributed by atoms with Gasteiger partial charge in [0, 0.05) is 32.1 Å². The molecule has 0 radical (unpaired) electrons. The van der Waals surface area contributed by atoms with Gasteiger partial charge in [-0.25, -0.2) is 13.1 Å². The van der Waals surface area contributed by atoms with E-state index in [-0.39, 0.29) is 31.3 Å². The number of carbonyl (C=O) groups excluding carboxylic acids is 1. The molecule has 1 aromatic carbocycles. The van der Waals surface area contributed by atoms with Crippen LogP contribution in [0.1, 0.15) is 31.2 Å². The number of hydrogen-bond donors (Lipinski definition) is 2. The number of nitrogens with one attached hydrogen (secondary N) is 1. The van der Waals surface area contributed by atoms with Crippen molar-refractivity contribution in [2.75, 3.05) is 19.6 Å². The molecule has 6 nitrogen and oxygen atoms in total. The summed E-state index contributed by atoms with van der Waals surface area (Å²) >= 11 is 0. The second kappa shape index (κ2) is 8.36. The van der Waals surface area contributed by atoms with Gasteiger partial charge in [-0.3, -0.25) is 4.79 Å². The van der Waals surface area contributed by atoms with E-state index >= 15 is 0 Å². The highest BCUT2D eigenvalue weighted by Crippen LogP contribution is 2.30. The first-order valence-electron chi connectivity index (χ1n) is 8.31. The fourth-order valence-corrected chi connectivity index (χ4v) is 4.04. The summed E-state index contributed by atoms with van der Waals surface area (Å²) in [5, 5.41) is 0. The van der Waals surface area contributed by atoms with Crippen LogP contribution in [0.4, 0.5) is 13.2 Å². The molecule has 0 aliphatic carbocycles. The lowest BCUT2D eigenvalue weighted by atomic mass is 10.2. The van der Waals surface area contributed by atoms with Crippen molar-refractivity contribution in [3.05, 3.63) is 29.8 Å². The van der Waals surface area contributed by atoms with Crippen molar-refractivity contribution in [3.63, 3.8) is 0 Å². The average molecular weight is 393 g/mol. The monoisotopic (exact) mass is 393 g/mol. The van der Waals surface area contributed by atoms with Gasteiger partial charge in [-0.2, -0.15) is 13.2 Å². The molecule has 10 heteroatoms. The van der Waals surface area contributed by atoms with Crippen molar-refractivity contribution in [3.8, 4) is 0 Å². The van der Waals surface area contributed by atoms with Crippen molar-refractivity contribution >= 4 is 15.9 Å². The van der Waals surface area contributed by atoms with Crippen LogP contribution in [0, 0.1) is 0 Å². The van der Waals surface area contributed by atoms with Crippen LogP contribution in [0.3, 0.4) is 0 Å². The topological polar surface area (TPSA) is 92.5 Å². The summed E-state index contributed by atoms with van der Waals surface area (Å²) in [4.78, 5) is 13.4. The molecule has 1 unspecified atom stereocenters. The van der Waals surface area contributed by atoms with E-state index in [0.717, 1.165) is 31.0 Å². The van der Waals surface area contributed by atoms with Gasteiger partial charge in [-0.1, -0.05) is 6.07 Å². The Morgan fingerprint density at radius 3 is 2.73 bits per heavy atom. The molecule has 0 aromatic heterocycles. The third-order valence-corrected chi connectivity index (χ3v) is 5.76. The Kier molecular flexibility index (Phi) is 6.64. The zero-order chi connectivity index (χ0) is 19.4. The van der Waals surface area contributed by atoms with Gasteiger partial charge < -0.3 is 10.6 Å². The highest BCUT2D eigenvalue weighted by molar-refractivity contribution is 7.89. The molecule has 2 rings (SSSR count). The highest BCUT2D eigenvalue weighted by Gasteiger charge is 2.31. The minimum absolute atomic E-state index is 0.0318. The standard InChI is InChI=1S/C16H22F3N3O3S/c17-16(18,19)12-4-1-6-14(10-12)26(24,25)21-8-2-7-15(23)22-9-3-5-13(22)11-20/h1,4,6,10,13,21H,2-3,5,7-9,11,20H2. The second-order valence-corrected chi connectivity index (χ2v) is 7.91. The lowest BCUT2D eigenvalue weighted by Crippen LogP contribution is -2.40. The summed E-state index contributed by atoms with van der Waals surface area (Å²) in [6, 6.07) is 3.56. The molecule has 1 amide bonds. The number of carbonyl (C=O) groups is 1. The molecule has 3 N–H and O–H groups in total. The maximum absolute atomic E-state index is 12.7. The van der Waals surface area contributed by atoms with Gasteiger partial charge in [0.25, 0.3) is 0 Å². The second-order valence-electron chi connectivity index (χ2n) is 6.15. The fourth-order valence-electron chi connectivity index (χ4n) is 2.92. The van der Waals surface area contributed by atoms with Gasteiger partial charge in [-0.05, 0) is 37.5 Å². The predicted octanol–water partition coefficient (Wildman–Crippen LogP) is 1.71. The number of sulfonamides is 1. The largest absolute Gasteiger partial charge is 0.416 e. The maximum atomic E-state index is 12.7. The molecule has 1 aliphatic heterocycles. The highest BCUT2D eigenvalue weighted by atomic mass is 32.2. The van der Waals surface area contributed by atoms with E-state index < -0.39 is 26.7 Å². The van der Waals surface area contributed by atoms with Crippen molar-refractivity contribution in [1.29, 1.82) is 0 Å². The summed E-state index contributed by atoms with van der Waals surface area (Å²) in [6.07, 6.45) is -2.44. The van der Waals surface area contributed by atoms with Crippen molar-refractivity contribution in [2.24, 2.45) is 5.73 Å². The van der Waals surface area contributed by atoms with E-state index in [4.69, 9.17) is 5.73 Å². The van der Waals surface area contributed by atoms with Crippen LogP contribution < -0.4 is 10.5 Å². The Hall–Kier alpha value is -1.65. The third-order valence-electron chi connectivity index (χ3n) is 4.30. The van der Waals surface area contributed by atoms with E-state index in [0.29, 0.717) is 19.2 Å². The van der Waals surface area contributed by atoms with Crippen LogP contribution in [0.2, 0.25) is 0 Å². The maximum Gasteiger partial charge on any atom is 0.416 e. The molecule has 26 heavy (non-hydrogen) atoms. The minimum atomic E-state index is -4.62. The quantitative estimate of drug-likeness (QED) is 0.690. The Balaban J connectivity index is 1.88. The summed E-state index contributed by atoms with van der Waals surface area (Å²) in [6.45, 7) is 1.01. The molecule has 0 saturated carbocycles. The molecular formula is C16H22F3N3O3S. The van der Waals surface area contributed by atoms with Crippen molar-refractivity contribution in [1.82, 2.24) is 9.62 Å². The smallest absolute Gasteiger partial charge is 0.338 e. The van der Waals surface area contributed by atoms with Crippen LogP contribution >= 0.6 is 0 Å². The summed E-state index contributed by atoms with van der Waals surface area (Å²) in [5.41, 5.74) is 4.59. The Bertz CT molecular complexity index is 738. The van der Waals surface area contributed by atoms with Crippen LogP contribution in [-0.2, 0) is 21.0 Å². The lowest BCUT2D eigenvalue weighted by molar-refractivity contribution is -0.137. The van der Waals surface area contributed by atoms with E-state index in [1.165, 1.54) is 0 Å². The number of halogens is 3. The Labute approximate surface area is 150 Å². The predicted molar refractivity (Wildman–Crippen MR) is 89.7 cm³/mol. The molecule has 1 saturated heterocycles. The van der Waals surface area contributed by atoms with Gasteiger partial charge in [0.1, 0.15) is 0 Å². The first-order valence-corrected chi connectivity index (χ1v) is 9.80. The van der Waals surface area contributed by atoms with Gasteiger partial charge in [0.05, 0.1) is 10.5 Å². The number of likely N-dealkylation sites (tertiary alicyclic amines) is 1. The van der Waals surface area contributed by atoms with E-state index in [2.05, 4.69) is 4.72 Å². The van der Waals surface area contributed by atoms with Crippen molar-refractivity contribution < 1.29 is 26.4 Å².